The van der Waals surface area contributed by atoms with Crippen molar-refractivity contribution in [3.05, 3.63) is 64.9 Å². The monoisotopic (exact) mass is 427 g/mol. The Morgan fingerprint density at radius 2 is 2.04 bits per heavy atom. The maximum atomic E-state index is 13.5. The minimum absolute atomic E-state index is 0.0167. The fourth-order valence-corrected chi connectivity index (χ4v) is 5.30. The van der Waals surface area contributed by atoms with Crippen LogP contribution in [0.4, 0.5) is 4.39 Å². The highest BCUT2D eigenvalue weighted by Gasteiger charge is 2.33. The van der Waals surface area contributed by atoms with Crippen molar-refractivity contribution in [3.8, 4) is 5.75 Å². The van der Waals surface area contributed by atoms with E-state index in [1.165, 1.54) is 12.1 Å². The second-order valence-corrected chi connectivity index (χ2v) is 9.65. The molecule has 2 atom stereocenters. The molecule has 0 aliphatic carbocycles. The standard InChI is InChI=1S/C20H23ClFNO4S/c21-19-6-1-2-7-20(19)27-13-18(24)12-23(17-8-9-28(25,26)14-17)11-15-4-3-5-16(22)10-15/h1-7,10,17-18,24H,8-9,11-14H2. The van der Waals surface area contributed by atoms with Gasteiger partial charge in [0, 0.05) is 19.1 Å². The van der Waals surface area contributed by atoms with Crippen LogP contribution in [0.2, 0.25) is 5.02 Å². The summed E-state index contributed by atoms with van der Waals surface area (Å²) in [7, 11) is -3.08. The van der Waals surface area contributed by atoms with Crippen molar-refractivity contribution >= 4 is 21.4 Å². The first-order valence-electron chi connectivity index (χ1n) is 9.07. The van der Waals surface area contributed by atoms with E-state index in [0.717, 1.165) is 5.56 Å². The number of hydrogen-bond donors (Lipinski definition) is 1. The highest BCUT2D eigenvalue weighted by atomic mass is 35.5. The van der Waals surface area contributed by atoms with Crippen molar-refractivity contribution in [2.24, 2.45) is 0 Å². The van der Waals surface area contributed by atoms with E-state index in [1.54, 1.807) is 36.4 Å². The summed E-state index contributed by atoms with van der Waals surface area (Å²) >= 11 is 6.05. The summed E-state index contributed by atoms with van der Waals surface area (Å²) in [4.78, 5) is 1.89. The van der Waals surface area contributed by atoms with Gasteiger partial charge in [-0.1, -0.05) is 35.9 Å². The largest absolute Gasteiger partial charge is 0.489 e. The molecule has 5 nitrogen and oxygen atoms in total. The molecule has 1 fully saturated rings. The molecule has 2 aromatic rings. The molecule has 0 amide bonds. The zero-order chi connectivity index (χ0) is 20.1. The van der Waals surface area contributed by atoms with Crippen LogP contribution in [-0.4, -0.2) is 55.2 Å². The molecule has 1 heterocycles. The second-order valence-electron chi connectivity index (χ2n) is 7.01. The lowest BCUT2D eigenvalue weighted by Gasteiger charge is -2.30. The Balaban J connectivity index is 1.66. The molecule has 8 heteroatoms. The first kappa shape index (κ1) is 21.0. The Morgan fingerprint density at radius 1 is 1.25 bits per heavy atom. The minimum atomic E-state index is -3.08. The first-order valence-corrected chi connectivity index (χ1v) is 11.3. The Labute approximate surface area is 169 Å². The molecule has 1 saturated heterocycles. The van der Waals surface area contributed by atoms with Gasteiger partial charge in [-0.2, -0.15) is 0 Å². The highest BCUT2D eigenvalue weighted by Crippen LogP contribution is 2.24. The van der Waals surface area contributed by atoms with Crippen LogP contribution >= 0.6 is 11.6 Å². The molecule has 2 unspecified atom stereocenters. The topological polar surface area (TPSA) is 66.8 Å². The number of halogens is 2. The van der Waals surface area contributed by atoms with Crippen LogP contribution in [0.3, 0.4) is 0 Å². The van der Waals surface area contributed by atoms with Crippen LogP contribution in [0.15, 0.2) is 48.5 Å². The summed E-state index contributed by atoms with van der Waals surface area (Å²) in [5.74, 6) is 0.298. The van der Waals surface area contributed by atoms with E-state index < -0.39 is 15.9 Å². The Hall–Kier alpha value is -1.67. The summed E-state index contributed by atoms with van der Waals surface area (Å²) in [6.45, 7) is 0.575. The van der Waals surface area contributed by atoms with Gasteiger partial charge in [-0.05, 0) is 36.2 Å². The predicted octanol–water partition coefficient (Wildman–Crippen LogP) is 2.91. The quantitative estimate of drug-likeness (QED) is 0.701. The van der Waals surface area contributed by atoms with Crippen molar-refractivity contribution in [1.82, 2.24) is 4.90 Å². The average Bonchev–Trinajstić information content (AvgIpc) is 3.00. The molecule has 1 aliphatic heterocycles. The molecule has 0 saturated carbocycles. The normalized spacial score (nSPS) is 19.6. The van der Waals surface area contributed by atoms with Crippen LogP contribution < -0.4 is 4.74 Å². The van der Waals surface area contributed by atoms with E-state index in [2.05, 4.69) is 0 Å². The van der Waals surface area contributed by atoms with Crippen molar-refractivity contribution in [1.29, 1.82) is 0 Å². The van der Waals surface area contributed by atoms with Gasteiger partial charge in [-0.15, -0.1) is 0 Å². The van der Waals surface area contributed by atoms with Gasteiger partial charge in [0.2, 0.25) is 0 Å². The van der Waals surface area contributed by atoms with Gasteiger partial charge in [-0.3, -0.25) is 4.90 Å². The van der Waals surface area contributed by atoms with Gasteiger partial charge in [0.1, 0.15) is 24.3 Å². The highest BCUT2D eigenvalue weighted by molar-refractivity contribution is 7.91. The second kappa shape index (κ2) is 9.22. The lowest BCUT2D eigenvalue weighted by atomic mass is 10.1. The first-order chi connectivity index (χ1) is 13.3. The Kier molecular flexibility index (Phi) is 6.93. The number of hydrogen-bond acceptors (Lipinski definition) is 5. The summed E-state index contributed by atoms with van der Waals surface area (Å²) in [5.41, 5.74) is 0.725. The van der Waals surface area contributed by atoms with Crippen molar-refractivity contribution in [2.75, 3.05) is 24.7 Å². The van der Waals surface area contributed by atoms with Crippen LogP contribution in [0.25, 0.3) is 0 Å². The summed E-state index contributed by atoms with van der Waals surface area (Å²) in [6.07, 6.45) is -0.358. The lowest BCUT2D eigenvalue weighted by Crippen LogP contribution is -2.42. The van der Waals surface area contributed by atoms with E-state index in [-0.39, 0.29) is 36.5 Å². The van der Waals surface area contributed by atoms with Gasteiger partial charge in [0.05, 0.1) is 16.5 Å². The summed E-state index contributed by atoms with van der Waals surface area (Å²) in [5, 5.41) is 10.9. The van der Waals surface area contributed by atoms with Gasteiger partial charge in [0.25, 0.3) is 0 Å². The molecule has 0 aromatic heterocycles. The molecule has 1 N–H and O–H groups in total. The number of benzene rings is 2. The number of ether oxygens (including phenoxy) is 1. The summed E-state index contributed by atoms with van der Waals surface area (Å²) in [6, 6.07) is 12.9. The number of aliphatic hydroxyl groups is 1. The SMILES string of the molecule is O=S1(=O)CCC(N(Cc2cccc(F)c2)CC(O)COc2ccccc2Cl)C1. The molecular formula is C20H23ClFNO4S. The molecule has 1 aliphatic rings. The lowest BCUT2D eigenvalue weighted by molar-refractivity contribution is 0.0525. The third-order valence-corrected chi connectivity index (χ3v) is 6.78. The third-order valence-electron chi connectivity index (χ3n) is 4.71. The molecule has 0 radical (unpaired) electrons. The number of rotatable bonds is 8. The average molecular weight is 428 g/mol. The molecule has 0 bridgehead atoms. The molecule has 0 spiro atoms. The van der Waals surface area contributed by atoms with Gasteiger partial charge in [0.15, 0.2) is 9.84 Å². The predicted molar refractivity (Wildman–Crippen MR) is 107 cm³/mol. The van der Waals surface area contributed by atoms with E-state index in [0.29, 0.717) is 23.7 Å². The number of sulfone groups is 1. The number of aliphatic hydroxyl groups excluding tert-OH is 1. The van der Waals surface area contributed by atoms with Crippen molar-refractivity contribution < 1.29 is 22.7 Å². The summed E-state index contributed by atoms with van der Waals surface area (Å²) < 4.78 is 42.9. The maximum absolute atomic E-state index is 13.5. The molecule has 3 rings (SSSR count). The smallest absolute Gasteiger partial charge is 0.151 e. The molecule has 152 valence electrons. The van der Waals surface area contributed by atoms with E-state index in [1.807, 2.05) is 4.90 Å². The van der Waals surface area contributed by atoms with Crippen LogP contribution in [0.1, 0.15) is 12.0 Å². The van der Waals surface area contributed by atoms with Crippen LogP contribution in [-0.2, 0) is 16.4 Å². The van der Waals surface area contributed by atoms with Crippen LogP contribution in [0, 0.1) is 5.82 Å². The van der Waals surface area contributed by atoms with Crippen LogP contribution in [0.5, 0.6) is 5.75 Å². The zero-order valence-corrected chi connectivity index (χ0v) is 16.9. The minimum Gasteiger partial charge on any atom is -0.489 e. The van der Waals surface area contributed by atoms with E-state index in [9.17, 15) is 17.9 Å². The Morgan fingerprint density at radius 3 is 2.71 bits per heavy atom. The fourth-order valence-electron chi connectivity index (χ4n) is 3.35. The molecule has 28 heavy (non-hydrogen) atoms. The zero-order valence-electron chi connectivity index (χ0n) is 15.3. The van der Waals surface area contributed by atoms with Gasteiger partial charge >= 0.3 is 0 Å². The maximum Gasteiger partial charge on any atom is 0.151 e. The Bertz CT molecular complexity index is 909. The fraction of sp³-hybridized carbons (Fsp3) is 0.400. The molecular weight excluding hydrogens is 405 g/mol. The van der Waals surface area contributed by atoms with Gasteiger partial charge < -0.3 is 9.84 Å². The number of nitrogens with zero attached hydrogens (tertiary/aromatic N) is 1. The third kappa shape index (κ3) is 5.91. The van der Waals surface area contributed by atoms with Crippen molar-refractivity contribution in [3.63, 3.8) is 0 Å². The van der Waals surface area contributed by atoms with E-state index in [4.69, 9.17) is 16.3 Å². The molecule has 2 aromatic carbocycles. The number of para-hydroxylation sites is 1. The van der Waals surface area contributed by atoms with Crippen molar-refractivity contribution in [2.45, 2.75) is 25.1 Å². The van der Waals surface area contributed by atoms with E-state index >= 15 is 0 Å². The van der Waals surface area contributed by atoms with Gasteiger partial charge in [-0.25, -0.2) is 12.8 Å².